The Morgan fingerprint density at radius 1 is 0.930 bits per heavy atom. The SMILES string of the molecule is CC1CCC(C(C)C)C(OC(=O)c2cccnc2N2CCN(CCCC(c3ccc(F)cc3)c3ccc(F)cc3)CC2)C1. The zero-order chi connectivity index (χ0) is 30.3. The normalized spacial score (nSPS) is 21.4. The van der Waals surface area contributed by atoms with Gasteiger partial charge in [0.2, 0.25) is 0 Å². The van der Waals surface area contributed by atoms with E-state index in [0.717, 1.165) is 69.5 Å². The van der Waals surface area contributed by atoms with Gasteiger partial charge in [-0.15, -0.1) is 0 Å². The first-order valence-corrected chi connectivity index (χ1v) is 15.9. The van der Waals surface area contributed by atoms with E-state index in [2.05, 4.69) is 35.6 Å². The van der Waals surface area contributed by atoms with Crippen molar-refractivity contribution in [1.82, 2.24) is 9.88 Å². The molecule has 7 heteroatoms. The van der Waals surface area contributed by atoms with Crippen LogP contribution in [-0.4, -0.2) is 54.7 Å². The predicted octanol–water partition coefficient (Wildman–Crippen LogP) is 7.71. The topological polar surface area (TPSA) is 45.7 Å². The molecule has 5 nitrogen and oxygen atoms in total. The lowest BCUT2D eigenvalue weighted by Crippen LogP contribution is -2.47. The second-order valence-electron chi connectivity index (χ2n) is 12.8. The highest BCUT2D eigenvalue weighted by Crippen LogP contribution is 2.36. The van der Waals surface area contributed by atoms with Crippen molar-refractivity contribution in [2.45, 2.75) is 64.9 Å². The Hall–Kier alpha value is -3.32. The first kappa shape index (κ1) is 31.1. The first-order chi connectivity index (χ1) is 20.8. The highest BCUT2D eigenvalue weighted by Gasteiger charge is 2.34. The molecule has 43 heavy (non-hydrogen) atoms. The Morgan fingerprint density at radius 3 is 2.16 bits per heavy atom. The maximum absolute atomic E-state index is 13.6. The van der Waals surface area contributed by atoms with Crippen LogP contribution in [0.4, 0.5) is 14.6 Å². The van der Waals surface area contributed by atoms with Gasteiger partial charge in [-0.25, -0.2) is 18.6 Å². The molecule has 2 fully saturated rings. The number of carbonyl (C=O) groups is 1. The van der Waals surface area contributed by atoms with Crippen LogP contribution in [0.2, 0.25) is 0 Å². The molecule has 2 aromatic carbocycles. The van der Waals surface area contributed by atoms with Gasteiger partial charge in [-0.2, -0.15) is 0 Å². The van der Waals surface area contributed by atoms with E-state index < -0.39 is 0 Å². The number of esters is 1. The molecule has 1 saturated carbocycles. The average molecular weight is 590 g/mol. The highest BCUT2D eigenvalue weighted by molar-refractivity contribution is 5.95. The van der Waals surface area contributed by atoms with Crippen molar-refractivity contribution in [2.24, 2.45) is 17.8 Å². The number of nitrogens with zero attached hydrogens (tertiary/aromatic N) is 3. The second-order valence-corrected chi connectivity index (χ2v) is 12.8. The lowest BCUT2D eigenvalue weighted by molar-refractivity contribution is -0.0173. The van der Waals surface area contributed by atoms with E-state index in [1.807, 2.05) is 36.4 Å². The second kappa shape index (κ2) is 14.4. The molecule has 0 bridgehead atoms. The van der Waals surface area contributed by atoms with E-state index in [-0.39, 0.29) is 29.6 Å². The molecule has 230 valence electrons. The van der Waals surface area contributed by atoms with Gasteiger partial charge < -0.3 is 9.64 Å². The number of halogens is 2. The van der Waals surface area contributed by atoms with Gasteiger partial charge in [-0.1, -0.05) is 51.5 Å². The van der Waals surface area contributed by atoms with Crippen molar-refractivity contribution >= 4 is 11.8 Å². The molecule has 1 aliphatic heterocycles. The molecule has 1 aliphatic carbocycles. The van der Waals surface area contributed by atoms with Crippen molar-refractivity contribution in [1.29, 1.82) is 0 Å². The van der Waals surface area contributed by atoms with Crippen LogP contribution in [-0.2, 0) is 4.74 Å². The lowest BCUT2D eigenvalue weighted by atomic mass is 9.75. The van der Waals surface area contributed by atoms with Gasteiger partial charge in [0.1, 0.15) is 29.1 Å². The van der Waals surface area contributed by atoms with Gasteiger partial charge in [-0.05, 0) is 97.5 Å². The van der Waals surface area contributed by atoms with E-state index in [0.29, 0.717) is 29.1 Å². The van der Waals surface area contributed by atoms with E-state index in [4.69, 9.17) is 4.74 Å². The number of rotatable bonds is 10. The summed E-state index contributed by atoms with van der Waals surface area (Å²) >= 11 is 0. The number of benzene rings is 2. The van der Waals surface area contributed by atoms with E-state index in [1.54, 1.807) is 6.20 Å². The number of hydrogen-bond donors (Lipinski definition) is 0. The molecule has 2 heterocycles. The molecular formula is C36H45F2N3O2. The quantitative estimate of drug-likeness (QED) is 0.227. The molecule has 0 amide bonds. The molecular weight excluding hydrogens is 544 g/mol. The monoisotopic (exact) mass is 589 g/mol. The zero-order valence-electron chi connectivity index (χ0n) is 25.7. The first-order valence-electron chi connectivity index (χ1n) is 15.9. The number of pyridine rings is 1. The molecule has 3 unspecified atom stereocenters. The summed E-state index contributed by atoms with van der Waals surface area (Å²) in [5.41, 5.74) is 2.63. The van der Waals surface area contributed by atoms with Crippen LogP contribution >= 0.6 is 0 Å². The number of anilines is 1. The van der Waals surface area contributed by atoms with Crippen LogP contribution in [0.1, 0.15) is 80.3 Å². The predicted molar refractivity (Wildman–Crippen MR) is 167 cm³/mol. The molecule has 5 rings (SSSR count). The van der Waals surface area contributed by atoms with Gasteiger partial charge in [0.05, 0.1) is 0 Å². The third-order valence-corrected chi connectivity index (χ3v) is 9.41. The molecule has 2 aliphatic rings. The van der Waals surface area contributed by atoms with Gasteiger partial charge in [-0.3, -0.25) is 4.90 Å². The summed E-state index contributed by atoms with van der Waals surface area (Å²) in [6.07, 6.45) is 6.76. The Balaban J connectivity index is 1.17. The summed E-state index contributed by atoms with van der Waals surface area (Å²) in [5, 5.41) is 0. The zero-order valence-corrected chi connectivity index (χ0v) is 25.7. The van der Waals surface area contributed by atoms with Gasteiger partial charge in [0, 0.05) is 38.3 Å². The van der Waals surface area contributed by atoms with Gasteiger partial charge in [0.25, 0.3) is 0 Å². The molecule has 1 aromatic heterocycles. The average Bonchev–Trinajstić information content (AvgIpc) is 3.01. The number of ether oxygens (including phenoxy) is 1. The largest absolute Gasteiger partial charge is 0.458 e. The fourth-order valence-electron chi connectivity index (χ4n) is 6.88. The maximum atomic E-state index is 13.6. The standard InChI is InChI=1S/C36H45F2N3O2/c1-25(2)31-17-8-26(3)24-34(31)43-36(42)33-6-4-18-39-35(33)41-22-20-40(21-23-41)19-5-7-32(27-9-13-29(37)14-10-27)28-11-15-30(38)16-12-28/h4,6,9-16,18,25-26,31-32,34H,5,7-8,17,19-24H2,1-3H3. The summed E-state index contributed by atoms with van der Waals surface area (Å²) in [4.78, 5) is 22.7. The van der Waals surface area contributed by atoms with E-state index in [1.165, 1.54) is 30.7 Å². The minimum absolute atomic E-state index is 0.0465. The smallest absolute Gasteiger partial charge is 0.342 e. The molecule has 3 atom stereocenters. The minimum atomic E-state index is -0.261. The van der Waals surface area contributed by atoms with Crippen molar-refractivity contribution in [2.75, 3.05) is 37.6 Å². The number of piperazine rings is 1. The highest BCUT2D eigenvalue weighted by atomic mass is 19.1. The molecule has 3 aromatic rings. The van der Waals surface area contributed by atoms with Crippen LogP contribution in [0.5, 0.6) is 0 Å². The van der Waals surface area contributed by atoms with Crippen molar-refractivity contribution in [3.63, 3.8) is 0 Å². The van der Waals surface area contributed by atoms with Gasteiger partial charge in [0.15, 0.2) is 0 Å². The van der Waals surface area contributed by atoms with E-state index in [9.17, 15) is 13.6 Å². The van der Waals surface area contributed by atoms with Crippen LogP contribution in [0.3, 0.4) is 0 Å². The minimum Gasteiger partial charge on any atom is -0.458 e. The fourth-order valence-corrected chi connectivity index (χ4v) is 6.88. The van der Waals surface area contributed by atoms with Crippen LogP contribution < -0.4 is 4.90 Å². The molecule has 0 N–H and O–H groups in total. The molecule has 0 radical (unpaired) electrons. The molecule has 0 spiro atoms. The Morgan fingerprint density at radius 2 is 1.56 bits per heavy atom. The van der Waals surface area contributed by atoms with Gasteiger partial charge >= 0.3 is 5.97 Å². The van der Waals surface area contributed by atoms with Crippen molar-refractivity contribution in [3.8, 4) is 0 Å². The summed E-state index contributed by atoms with van der Waals surface area (Å²) < 4.78 is 33.4. The Bertz CT molecular complexity index is 1280. The summed E-state index contributed by atoms with van der Waals surface area (Å²) in [6.45, 7) is 10.9. The van der Waals surface area contributed by atoms with Crippen LogP contribution in [0, 0.1) is 29.4 Å². The Labute approximate surface area is 255 Å². The third-order valence-electron chi connectivity index (χ3n) is 9.41. The Kier molecular flexibility index (Phi) is 10.4. The van der Waals surface area contributed by atoms with Crippen LogP contribution in [0.15, 0.2) is 66.9 Å². The van der Waals surface area contributed by atoms with E-state index >= 15 is 0 Å². The van der Waals surface area contributed by atoms with Crippen LogP contribution in [0.25, 0.3) is 0 Å². The fraction of sp³-hybridized carbons (Fsp3) is 0.500. The summed E-state index contributed by atoms with van der Waals surface area (Å²) in [6, 6.07) is 16.9. The lowest BCUT2D eigenvalue weighted by Gasteiger charge is -2.38. The molecule has 1 saturated heterocycles. The maximum Gasteiger partial charge on any atom is 0.342 e. The third kappa shape index (κ3) is 7.99. The number of carbonyl (C=O) groups excluding carboxylic acids is 1. The van der Waals surface area contributed by atoms with Crippen molar-refractivity contribution in [3.05, 3.63) is 95.2 Å². The number of hydrogen-bond acceptors (Lipinski definition) is 5. The summed E-state index contributed by atoms with van der Waals surface area (Å²) in [7, 11) is 0. The summed E-state index contributed by atoms with van der Waals surface area (Å²) in [5.74, 6) is 1.46. The number of aromatic nitrogens is 1. The van der Waals surface area contributed by atoms with Crippen molar-refractivity contribution < 1.29 is 18.3 Å².